The number of nitrogens with zero attached hydrogens (tertiary/aromatic N) is 5. The number of nitrogens with one attached hydrogen (secondary N) is 3. The molecule has 9 heteroatoms. The monoisotopic (exact) mass is 536 g/mol. The second-order valence-electron chi connectivity index (χ2n) is 11.3. The van der Waals surface area contributed by atoms with Crippen LogP contribution in [0.15, 0.2) is 60.0 Å². The zero-order chi connectivity index (χ0) is 27.8. The number of H-pyrrole nitrogens is 1. The number of likely N-dealkylation sites (N-methyl/N-ethyl adjacent to an activating group) is 1. The highest BCUT2D eigenvalue weighted by atomic mass is 16.1. The summed E-state index contributed by atoms with van der Waals surface area (Å²) >= 11 is 0. The van der Waals surface area contributed by atoms with Gasteiger partial charge in [-0.15, -0.1) is 0 Å². The van der Waals surface area contributed by atoms with Crippen LogP contribution in [-0.4, -0.2) is 64.7 Å². The average molecular weight is 537 g/mol. The summed E-state index contributed by atoms with van der Waals surface area (Å²) in [6.45, 7) is 10.2. The van der Waals surface area contributed by atoms with Gasteiger partial charge in [0.25, 0.3) is 0 Å². The number of carbonyl (C=O) groups is 1. The summed E-state index contributed by atoms with van der Waals surface area (Å²) in [5.74, 6) is 1.03. The quantitative estimate of drug-likeness (QED) is 0.328. The van der Waals surface area contributed by atoms with Crippen molar-refractivity contribution in [3.63, 3.8) is 0 Å². The summed E-state index contributed by atoms with van der Waals surface area (Å²) in [6.07, 6.45) is 3.98. The molecule has 2 aromatic heterocycles. The van der Waals surface area contributed by atoms with Crippen LogP contribution in [0, 0.1) is 5.92 Å². The molecule has 1 fully saturated rings. The van der Waals surface area contributed by atoms with Gasteiger partial charge in [0.05, 0.1) is 29.1 Å². The number of aromatic amines is 1. The van der Waals surface area contributed by atoms with Crippen molar-refractivity contribution in [2.75, 3.05) is 43.4 Å². The van der Waals surface area contributed by atoms with Crippen molar-refractivity contribution < 1.29 is 4.79 Å². The normalized spacial score (nSPS) is 17.5. The maximum atomic E-state index is 12.3. The van der Waals surface area contributed by atoms with Gasteiger partial charge >= 0.3 is 0 Å². The third kappa shape index (κ3) is 5.16. The number of pyridine rings is 1. The zero-order valence-electron chi connectivity index (χ0n) is 23.5. The number of piperazine rings is 1. The lowest BCUT2D eigenvalue weighted by molar-refractivity contribution is -0.116. The number of imidazole rings is 1. The Morgan fingerprint density at radius 3 is 2.70 bits per heavy atom. The first-order chi connectivity index (χ1) is 19.4. The zero-order valence-corrected chi connectivity index (χ0v) is 23.5. The molecule has 1 saturated heterocycles. The van der Waals surface area contributed by atoms with Gasteiger partial charge in [0.1, 0.15) is 11.2 Å². The molecular formula is C31H36N8O. The van der Waals surface area contributed by atoms with Crippen LogP contribution in [0.5, 0.6) is 0 Å². The maximum absolute atomic E-state index is 12.3. The summed E-state index contributed by atoms with van der Waals surface area (Å²) in [5, 5.41) is 7.75. The Morgan fingerprint density at radius 1 is 1.07 bits per heavy atom. The second kappa shape index (κ2) is 10.7. The minimum Gasteiger partial charge on any atom is -0.367 e. The van der Waals surface area contributed by atoms with E-state index in [1.807, 2.05) is 26.1 Å². The van der Waals surface area contributed by atoms with Crippen LogP contribution < -0.4 is 15.6 Å². The van der Waals surface area contributed by atoms with Gasteiger partial charge < -0.3 is 25.5 Å². The highest BCUT2D eigenvalue weighted by Crippen LogP contribution is 2.32. The van der Waals surface area contributed by atoms with Crippen molar-refractivity contribution in [3.8, 4) is 11.1 Å². The van der Waals surface area contributed by atoms with E-state index in [0.717, 1.165) is 76.7 Å². The van der Waals surface area contributed by atoms with E-state index in [0.29, 0.717) is 18.0 Å². The molecule has 4 heterocycles. The van der Waals surface area contributed by atoms with Crippen LogP contribution in [0.25, 0.3) is 22.2 Å². The Balaban J connectivity index is 1.34. The molecule has 206 valence electrons. The molecule has 4 aromatic rings. The van der Waals surface area contributed by atoms with Gasteiger partial charge in [-0.3, -0.25) is 9.78 Å². The van der Waals surface area contributed by atoms with Gasteiger partial charge in [0.15, 0.2) is 5.82 Å². The molecule has 40 heavy (non-hydrogen) atoms. The molecule has 0 unspecified atom stereocenters. The molecule has 2 aliphatic heterocycles. The van der Waals surface area contributed by atoms with Crippen molar-refractivity contribution in [2.24, 2.45) is 11.0 Å². The van der Waals surface area contributed by atoms with E-state index in [4.69, 9.17) is 10.1 Å². The van der Waals surface area contributed by atoms with Crippen molar-refractivity contribution >= 4 is 34.0 Å². The highest BCUT2D eigenvalue weighted by molar-refractivity contribution is 6.14. The number of hydrogen-bond acceptors (Lipinski definition) is 7. The molecule has 3 N–H and O–H groups in total. The fourth-order valence-electron chi connectivity index (χ4n) is 5.47. The maximum Gasteiger partial charge on any atom is 0.224 e. The minimum atomic E-state index is -0.00506. The van der Waals surface area contributed by atoms with Crippen LogP contribution in [0.4, 0.5) is 11.4 Å². The number of benzene rings is 2. The van der Waals surface area contributed by atoms with E-state index < -0.39 is 0 Å². The predicted molar refractivity (Wildman–Crippen MR) is 161 cm³/mol. The standard InChI is InChI=1S/C31H36N8O/c1-19(2)14-28(40)33-23-15-22(17-32-18-23)21-8-9-24-20(3)36-37-29(25(24)16-21)31-34-26-6-5-7-27(30(26)35-31)39-12-10-38(4)11-13-39/h5-9,15-20,36H,10-14H2,1-4H3,(H,33,40)(H,34,35)/t20-/m1/s1. The number of amides is 1. The number of anilines is 2. The summed E-state index contributed by atoms with van der Waals surface area (Å²) in [6, 6.07) is 14.7. The average Bonchev–Trinajstić information content (AvgIpc) is 3.37. The summed E-state index contributed by atoms with van der Waals surface area (Å²) in [7, 11) is 2.17. The van der Waals surface area contributed by atoms with E-state index in [-0.39, 0.29) is 11.9 Å². The second-order valence-corrected chi connectivity index (χ2v) is 11.3. The van der Waals surface area contributed by atoms with Crippen molar-refractivity contribution in [1.82, 2.24) is 25.3 Å². The Labute approximate surface area is 234 Å². The predicted octanol–water partition coefficient (Wildman–Crippen LogP) is 4.78. The lowest BCUT2D eigenvalue weighted by Gasteiger charge is -2.34. The van der Waals surface area contributed by atoms with E-state index in [9.17, 15) is 4.79 Å². The van der Waals surface area contributed by atoms with E-state index in [1.54, 1.807) is 6.20 Å². The number of aromatic nitrogens is 3. The number of rotatable bonds is 6. The molecule has 1 atom stereocenters. The van der Waals surface area contributed by atoms with Crippen LogP contribution in [0.2, 0.25) is 0 Å². The molecule has 2 aromatic carbocycles. The Morgan fingerprint density at radius 2 is 1.90 bits per heavy atom. The Bertz CT molecular complexity index is 1580. The lowest BCUT2D eigenvalue weighted by atomic mass is 9.92. The van der Waals surface area contributed by atoms with Crippen molar-refractivity contribution in [1.29, 1.82) is 0 Å². The van der Waals surface area contributed by atoms with Gasteiger partial charge in [-0.2, -0.15) is 5.10 Å². The molecule has 0 bridgehead atoms. The number of para-hydroxylation sites is 1. The highest BCUT2D eigenvalue weighted by Gasteiger charge is 2.25. The third-order valence-electron chi connectivity index (χ3n) is 7.65. The number of hydrogen-bond donors (Lipinski definition) is 3. The number of hydrazone groups is 1. The van der Waals surface area contributed by atoms with E-state index >= 15 is 0 Å². The molecule has 0 spiro atoms. The third-order valence-corrected chi connectivity index (χ3v) is 7.65. The minimum absolute atomic E-state index is 0.00506. The van der Waals surface area contributed by atoms with Gasteiger partial charge in [0.2, 0.25) is 5.91 Å². The first-order valence-corrected chi connectivity index (χ1v) is 14.0. The molecule has 0 radical (unpaired) electrons. The molecule has 9 nitrogen and oxygen atoms in total. The molecule has 6 rings (SSSR count). The Kier molecular flexibility index (Phi) is 6.98. The van der Waals surface area contributed by atoms with Crippen LogP contribution >= 0.6 is 0 Å². The molecule has 0 aliphatic carbocycles. The molecule has 2 aliphatic rings. The van der Waals surface area contributed by atoms with E-state index in [2.05, 4.69) is 80.9 Å². The van der Waals surface area contributed by atoms with Crippen LogP contribution in [0.1, 0.15) is 50.2 Å². The van der Waals surface area contributed by atoms with Gasteiger partial charge in [-0.25, -0.2) is 4.98 Å². The summed E-state index contributed by atoms with van der Waals surface area (Å²) in [4.78, 5) is 30.1. The van der Waals surface area contributed by atoms with Crippen molar-refractivity contribution in [3.05, 3.63) is 71.8 Å². The molecule has 1 amide bonds. The number of carbonyl (C=O) groups excluding carboxylic acids is 1. The first kappa shape index (κ1) is 26.0. The van der Waals surface area contributed by atoms with Crippen molar-refractivity contribution in [2.45, 2.75) is 33.2 Å². The van der Waals surface area contributed by atoms with Gasteiger partial charge in [0, 0.05) is 49.9 Å². The smallest absolute Gasteiger partial charge is 0.224 e. The lowest BCUT2D eigenvalue weighted by Crippen LogP contribution is -2.44. The SMILES string of the molecule is CC(C)CC(=O)Nc1cncc(-c2ccc3c(c2)C(c2nc4c(N5CCN(C)CC5)cccc4[nH]2)=NN[C@@H]3C)c1. The van der Waals surface area contributed by atoms with Crippen LogP contribution in [0.3, 0.4) is 0 Å². The first-order valence-electron chi connectivity index (χ1n) is 14.0. The topological polar surface area (TPSA) is 102 Å². The van der Waals surface area contributed by atoms with Gasteiger partial charge in [-0.05, 0) is 55.3 Å². The molecular weight excluding hydrogens is 500 g/mol. The Hall–Kier alpha value is -4.24. The molecule has 0 saturated carbocycles. The summed E-state index contributed by atoms with van der Waals surface area (Å²) < 4.78 is 0. The van der Waals surface area contributed by atoms with E-state index in [1.165, 1.54) is 0 Å². The number of fused-ring (bicyclic) bond motifs is 2. The summed E-state index contributed by atoms with van der Waals surface area (Å²) in [5.41, 5.74) is 12.0. The fourth-order valence-corrected chi connectivity index (χ4v) is 5.47. The van der Waals surface area contributed by atoms with Gasteiger partial charge in [-0.1, -0.05) is 32.0 Å². The fraction of sp³-hybridized carbons (Fsp3) is 0.355. The van der Waals surface area contributed by atoms with Crippen LogP contribution in [-0.2, 0) is 4.79 Å². The largest absolute Gasteiger partial charge is 0.367 e.